The molecule has 0 unspecified atom stereocenters. The normalized spacial score (nSPS) is 12.6. The van der Waals surface area contributed by atoms with Gasteiger partial charge in [-0.25, -0.2) is 14.4 Å². The third-order valence-corrected chi connectivity index (χ3v) is 6.88. The van der Waals surface area contributed by atoms with Gasteiger partial charge in [0.1, 0.15) is 23.4 Å². The summed E-state index contributed by atoms with van der Waals surface area (Å²) in [6.45, 7) is 7.57. The number of H-pyrrole nitrogens is 1. The van der Waals surface area contributed by atoms with Crippen LogP contribution in [0.5, 0.6) is 5.75 Å². The van der Waals surface area contributed by atoms with Crippen LogP contribution in [-0.2, 0) is 36.8 Å². The van der Waals surface area contributed by atoms with E-state index in [2.05, 4.69) is 20.9 Å². The van der Waals surface area contributed by atoms with Crippen molar-refractivity contribution >= 4 is 40.7 Å². The number of unbranched alkanes of at least 4 members (excludes halogenated alkanes) is 2. The molecule has 3 rings (SSSR count). The number of nitrogens with one attached hydrogen (secondary N) is 4. The molecule has 6 N–H and O–H groups in total. The number of hydrogen-bond donors (Lipinski definition) is 6. The first-order valence-corrected chi connectivity index (χ1v) is 15.1. The van der Waals surface area contributed by atoms with Gasteiger partial charge in [-0.15, -0.1) is 0 Å². The summed E-state index contributed by atoms with van der Waals surface area (Å²) in [4.78, 5) is 65.5. The number of aromatic amines is 1. The third kappa shape index (κ3) is 10.8. The number of benzene rings is 2. The number of alkyl carbamates (subject to hydrolysis) is 1. The zero-order valence-electron chi connectivity index (χ0n) is 26.4. The highest BCUT2D eigenvalue weighted by molar-refractivity contribution is 5.96. The van der Waals surface area contributed by atoms with Gasteiger partial charge in [0.15, 0.2) is 0 Å². The second-order valence-corrected chi connectivity index (χ2v) is 11.8. The number of aromatic nitrogens is 1. The lowest BCUT2D eigenvalue weighted by atomic mass is 10.0. The number of aliphatic carboxylic acids is 2. The lowest BCUT2D eigenvalue weighted by molar-refractivity contribution is -0.159. The lowest BCUT2D eigenvalue weighted by Gasteiger charge is -2.25. The van der Waals surface area contributed by atoms with Crippen molar-refractivity contribution < 1.29 is 43.7 Å². The van der Waals surface area contributed by atoms with Crippen molar-refractivity contribution in [1.29, 1.82) is 0 Å². The van der Waals surface area contributed by atoms with Crippen LogP contribution in [0.3, 0.4) is 0 Å². The Morgan fingerprint density at radius 3 is 2.13 bits per heavy atom. The summed E-state index contributed by atoms with van der Waals surface area (Å²) >= 11 is 0. The molecule has 46 heavy (non-hydrogen) atoms. The highest BCUT2D eigenvalue weighted by atomic mass is 16.6. The average Bonchev–Trinajstić information content (AvgIpc) is 3.39. The molecule has 0 aliphatic carbocycles. The molecule has 2 aromatic carbocycles. The third-order valence-electron chi connectivity index (χ3n) is 6.88. The number of para-hydroxylation sites is 1. The molecule has 0 saturated heterocycles. The standard InChI is InChI=1S/C33H42N4O9/c1-5-6-9-16-34-28(38)25(17-20-12-14-22(15-13-20)45-27(30(40)41)31(42)43)36-29(39)26(37-32(44)46-33(2,3)4)18-21-19-35-24-11-8-7-10-23(21)24/h7-8,10-15,19,25-27,35H,5-6,9,16-18H2,1-4H3,(H,34,38)(H,36,39)(H,37,44)(H,40,41)(H,42,43)/t25-,26-/m0/s1. The molecule has 13 heteroatoms. The van der Waals surface area contributed by atoms with Gasteiger partial charge in [0.25, 0.3) is 6.10 Å². The molecule has 0 aliphatic rings. The van der Waals surface area contributed by atoms with Crippen LogP contribution in [0.25, 0.3) is 10.9 Å². The Kier molecular flexibility index (Phi) is 12.5. The highest BCUT2D eigenvalue weighted by Crippen LogP contribution is 2.20. The van der Waals surface area contributed by atoms with E-state index >= 15 is 0 Å². The van der Waals surface area contributed by atoms with Crippen molar-refractivity contribution in [1.82, 2.24) is 20.9 Å². The number of rotatable bonds is 16. The molecule has 3 aromatic rings. The maximum absolute atomic E-state index is 13.8. The molecule has 13 nitrogen and oxygen atoms in total. The van der Waals surface area contributed by atoms with Gasteiger partial charge < -0.3 is 40.6 Å². The van der Waals surface area contributed by atoms with Crippen LogP contribution in [-0.4, -0.2) is 75.4 Å². The van der Waals surface area contributed by atoms with Crippen LogP contribution in [0.1, 0.15) is 58.1 Å². The number of carbonyl (C=O) groups is 5. The van der Waals surface area contributed by atoms with Gasteiger partial charge in [-0.3, -0.25) is 9.59 Å². The maximum atomic E-state index is 13.8. The van der Waals surface area contributed by atoms with Gasteiger partial charge in [-0.2, -0.15) is 0 Å². The summed E-state index contributed by atoms with van der Waals surface area (Å²) in [6.07, 6.45) is 1.68. The van der Waals surface area contributed by atoms with Crippen molar-refractivity contribution in [2.45, 2.75) is 83.6 Å². The summed E-state index contributed by atoms with van der Waals surface area (Å²) in [5.41, 5.74) is 1.42. The van der Waals surface area contributed by atoms with Crippen molar-refractivity contribution in [3.63, 3.8) is 0 Å². The molecule has 0 fully saturated rings. The van der Waals surface area contributed by atoms with E-state index in [9.17, 15) is 24.0 Å². The topological polar surface area (TPSA) is 196 Å². The number of fused-ring (bicyclic) bond motifs is 1. The van der Waals surface area contributed by atoms with E-state index < -0.39 is 53.6 Å². The van der Waals surface area contributed by atoms with E-state index in [1.54, 1.807) is 39.1 Å². The average molecular weight is 639 g/mol. The fourth-order valence-corrected chi connectivity index (χ4v) is 4.65. The zero-order valence-corrected chi connectivity index (χ0v) is 26.4. The molecular weight excluding hydrogens is 596 g/mol. The number of carboxylic acids is 2. The number of hydrogen-bond acceptors (Lipinski definition) is 7. The van der Waals surface area contributed by atoms with E-state index in [1.165, 1.54) is 12.1 Å². The molecule has 1 heterocycles. The largest absolute Gasteiger partial charge is 0.478 e. The molecule has 0 bridgehead atoms. The van der Waals surface area contributed by atoms with E-state index in [1.807, 2.05) is 31.2 Å². The van der Waals surface area contributed by atoms with Crippen molar-refractivity contribution in [3.8, 4) is 5.75 Å². The molecule has 1 aromatic heterocycles. The maximum Gasteiger partial charge on any atom is 0.408 e. The Hall–Kier alpha value is -5.07. The fourth-order valence-electron chi connectivity index (χ4n) is 4.65. The number of ether oxygens (including phenoxy) is 2. The van der Waals surface area contributed by atoms with Crippen molar-refractivity contribution in [3.05, 3.63) is 65.9 Å². The first kappa shape index (κ1) is 35.4. The summed E-state index contributed by atoms with van der Waals surface area (Å²) < 4.78 is 10.5. The van der Waals surface area contributed by atoms with Gasteiger partial charge in [0, 0.05) is 36.5 Å². The fraction of sp³-hybridized carbons (Fsp3) is 0.424. The van der Waals surface area contributed by atoms with Gasteiger partial charge >= 0.3 is 18.0 Å². The number of carboxylic acid groups (broad SMARTS) is 2. The second kappa shape index (κ2) is 16.3. The predicted molar refractivity (Wildman–Crippen MR) is 169 cm³/mol. The van der Waals surface area contributed by atoms with Crippen LogP contribution in [0.4, 0.5) is 4.79 Å². The van der Waals surface area contributed by atoms with Gasteiger partial charge in [-0.05, 0) is 56.5 Å². The molecule has 0 saturated carbocycles. The van der Waals surface area contributed by atoms with Crippen molar-refractivity contribution in [2.75, 3.05) is 6.54 Å². The molecule has 3 amide bonds. The van der Waals surface area contributed by atoms with E-state index in [4.69, 9.17) is 19.7 Å². The second-order valence-electron chi connectivity index (χ2n) is 11.8. The summed E-state index contributed by atoms with van der Waals surface area (Å²) in [6, 6.07) is 11.3. The SMILES string of the molecule is CCCCCNC(=O)[C@H](Cc1ccc(OC(C(=O)O)C(=O)O)cc1)NC(=O)[C@H](Cc1c[nH]c2ccccc12)NC(=O)OC(C)(C)C. The Labute approximate surface area is 267 Å². The van der Waals surface area contributed by atoms with Gasteiger partial charge in [0.2, 0.25) is 11.8 Å². The smallest absolute Gasteiger partial charge is 0.408 e. The molecule has 2 atom stereocenters. The summed E-state index contributed by atoms with van der Waals surface area (Å²) in [5.74, 6) is -4.33. The Bertz CT molecular complexity index is 1500. The van der Waals surface area contributed by atoms with Gasteiger partial charge in [0.05, 0.1) is 0 Å². The summed E-state index contributed by atoms with van der Waals surface area (Å²) in [7, 11) is 0. The van der Waals surface area contributed by atoms with Crippen LogP contribution in [0, 0.1) is 0 Å². The Morgan fingerprint density at radius 2 is 1.50 bits per heavy atom. The first-order valence-electron chi connectivity index (χ1n) is 15.1. The van der Waals surface area contributed by atoms with Crippen LogP contribution in [0.15, 0.2) is 54.7 Å². The minimum Gasteiger partial charge on any atom is -0.478 e. The number of amides is 3. The minimum absolute atomic E-state index is 0.00325. The molecule has 0 radical (unpaired) electrons. The number of carbonyl (C=O) groups excluding carboxylic acids is 3. The van der Waals surface area contributed by atoms with Crippen molar-refractivity contribution in [2.24, 2.45) is 0 Å². The summed E-state index contributed by atoms with van der Waals surface area (Å²) in [5, 5.41) is 27.4. The molecule has 248 valence electrons. The zero-order chi connectivity index (χ0) is 33.9. The van der Waals surface area contributed by atoms with E-state index in [0.29, 0.717) is 12.1 Å². The highest BCUT2D eigenvalue weighted by Gasteiger charge is 2.30. The monoisotopic (exact) mass is 638 g/mol. The van der Waals surface area contributed by atoms with E-state index in [0.717, 1.165) is 35.7 Å². The quantitative estimate of drug-likeness (QED) is 0.100. The van der Waals surface area contributed by atoms with E-state index in [-0.39, 0.29) is 18.6 Å². The molecule has 0 aliphatic heterocycles. The Balaban J connectivity index is 1.84. The minimum atomic E-state index is -2.08. The predicted octanol–water partition coefficient (Wildman–Crippen LogP) is 3.55. The van der Waals surface area contributed by atoms with Crippen LogP contribution in [0.2, 0.25) is 0 Å². The van der Waals surface area contributed by atoms with Crippen LogP contribution < -0.4 is 20.7 Å². The molecule has 0 spiro atoms. The van der Waals surface area contributed by atoms with Crippen LogP contribution >= 0.6 is 0 Å². The Morgan fingerprint density at radius 1 is 0.848 bits per heavy atom. The first-order chi connectivity index (χ1) is 21.8. The molecular formula is C33H42N4O9. The van der Waals surface area contributed by atoms with Gasteiger partial charge in [-0.1, -0.05) is 50.1 Å². The lowest BCUT2D eigenvalue weighted by Crippen LogP contribution is -2.55.